The molecule has 0 aliphatic rings. The Morgan fingerprint density at radius 2 is 1.89 bits per heavy atom. The van der Waals surface area contributed by atoms with Crippen molar-refractivity contribution in [1.29, 1.82) is 5.26 Å². The third-order valence-corrected chi connectivity index (χ3v) is 6.21. The standard InChI is InChI=1S/C27H23BrCl2N2O3/c1-4-34-25-12-18(10-20(14-31)27(33)32-24-9-16(2)5-6-17(24)3)11-22(28)26(25)35-15-19-7-8-21(29)13-23(19)30/h5-13H,4,15H2,1-3H3,(H,32,33)/b20-10-. The van der Waals surface area contributed by atoms with Crippen LogP contribution in [0.2, 0.25) is 10.0 Å². The second kappa shape index (κ2) is 12.1. The highest BCUT2D eigenvalue weighted by Gasteiger charge is 2.16. The molecule has 180 valence electrons. The van der Waals surface area contributed by atoms with Crippen molar-refractivity contribution in [3.05, 3.63) is 90.9 Å². The van der Waals surface area contributed by atoms with E-state index in [0.717, 1.165) is 16.7 Å². The molecule has 0 aliphatic carbocycles. The van der Waals surface area contributed by atoms with Gasteiger partial charge in [0.25, 0.3) is 5.91 Å². The molecule has 3 rings (SSSR count). The van der Waals surface area contributed by atoms with Crippen LogP contribution < -0.4 is 14.8 Å². The first kappa shape index (κ1) is 26.6. The molecule has 1 amide bonds. The maximum atomic E-state index is 12.8. The minimum atomic E-state index is -0.493. The van der Waals surface area contributed by atoms with Gasteiger partial charge in [-0.3, -0.25) is 4.79 Å². The summed E-state index contributed by atoms with van der Waals surface area (Å²) in [6.07, 6.45) is 1.51. The number of rotatable bonds is 8. The van der Waals surface area contributed by atoms with Crippen molar-refractivity contribution >= 4 is 56.8 Å². The average Bonchev–Trinajstić information content (AvgIpc) is 2.80. The van der Waals surface area contributed by atoms with Crippen molar-refractivity contribution in [2.75, 3.05) is 11.9 Å². The van der Waals surface area contributed by atoms with E-state index in [-0.39, 0.29) is 12.2 Å². The first-order chi connectivity index (χ1) is 16.7. The van der Waals surface area contributed by atoms with E-state index in [1.54, 1.807) is 30.3 Å². The van der Waals surface area contributed by atoms with Crippen LogP contribution >= 0.6 is 39.1 Å². The van der Waals surface area contributed by atoms with Crippen molar-refractivity contribution in [2.24, 2.45) is 0 Å². The molecule has 0 heterocycles. The average molecular weight is 574 g/mol. The van der Waals surface area contributed by atoms with Gasteiger partial charge in [-0.25, -0.2) is 0 Å². The van der Waals surface area contributed by atoms with Gasteiger partial charge in [-0.1, -0.05) is 41.4 Å². The van der Waals surface area contributed by atoms with Gasteiger partial charge < -0.3 is 14.8 Å². The van der Waals surface area contributed by atoms with E-state index in [1.807, 2.05) is 45.0 Å². The summed E-state index contributed by atoms with van der Waals surface area (Å²) in [6.45, 7) is 6.29. The highest BCUT2D eigenvalue weighted by Crippen LogP contribution is 2.38. The molecule has 0 bridgehead atoms. The van der Waals surface area contributed by atoms with Crippen molar-refractivity contribution in [2.45, 2.75) is 27.4 Å². The summed E-state index contributed by atoms with van der Waals surface area (Å²) in [4.78, 5) is 12.8. The maximum absolute atomic E-state index is 12.8. The minimum Gasteiger partial charge on any atom is -0.490 e. The Balaban J connectivity index is 1.87. The molecule has 0 fully saturated rings. The number of amides is 1. The van der Waals surface area contributed by atoms with Gasteiger partial charge in [-0.15, -0.1) is 0 Å². The number of carbonyl (C=O) groups excluding carboxylic acids is 1. The molecule has 3 aromatic carbocycles. The Morgan fingerprint density at radius 1 is 1.11 bits per heavy atom. The van der Waals surface area contributed by atoms with E-state index in [9.17, 15) is 10.1 Å². The molecule has 5 nitrogen and oxygen atoms in total. The second-order valence-electron chi connectivity index (χ2n) is 7.73. The van der Waals surface area contributed by atoms with Crippen LogP contribution in [0.3, 0.4) is 0 Å². The van der Waals surface area contributed by atoms with Crippen molar-refractivity contribution in [1.82, 2.24) is 0 Å². The van der Waals surface area contributed by atoms with Crippen LogP contribution in [0.5, 0.6) is 11.5 Å². The summed E-state index contributed by atoms with van der Waals surface area (Å²) in [5, 5.41) is 13.5. The predicted octanol–water partition coefficient (Wildman–Crippen LogP) is 7.90. The molecule has 0 unspecified atom stereocenters. The van der Waals surface area contributed by atoms with Gasteiger partial charge in [0, 0.05) is 21.3 Å². The maximum Gasteiger partial charge on any atom is 0.266 e. The topological polar surface area (TPSA) is 71.3 Å². The highest BCUT2D eigenvalue weighted by molar-refractivity contribution is 9.10. The Kier molecular flexibility index (Phi) is 9.22. The lowest BCUT2D eigenvalue weighted by Gasteiger charge is -2.15. The fourth-order valence-corrected chi connectivity index (χ4v) is 4.28. The van der Waals surface area contributed by atoms with Crippen molar-refractivity contribution in [3.8, 4) is 17.6 Å². The molecule has 1 N–H and O–H groups in total. The fraction of sp³-hybridized carbons (Fsp3) is 0.185. The summed E-state index contributed by atoms with van der Waals surface area (Å²) in [5.74, 6) is 0.451. The molecule has 0 saturated carbocycles. The quantitative estimate of drug-likeness (QED) is 0.219. The molecular weight excluding hydrogens is 551 g/mol. The third-order valence-electron chi connectivity index (χ3n) is 5.04. The van der Waals surface area contributed by atoms with Crippen LogP contribution in [-0.4, -0.2) is 12.5 Å². The van der Waals surface area contributed by atoms with Gasteiger partial charge in [0.2, 0.25) is 0 Å². The molecule has 35 heavy (non-hydrogen) atoms. The number of nitrogens with one attached hydrogen (secondary N) is 1. The number of nitrogens with zero attached hydrogens (tertiary/aromatic N) is 1. The number of carbonyl (C=O) groups is 1. The number of hydrogen-bond acceptors (Lipinski definition) is 4. The normalized spacial score (nSPS) is 11.1. The van der Waals surface area contributed by atoms with Crippen molar-refractivity contribution < 1.29 is 14.3 Å². The van der Waals surface area contributed by atoms with E-state index in [0.29, 0.717) is 43.9 Å². The van der Waals surface area contributed by atoms with Crippen molar-refractivity contribution in [3.63, 3.8) is 0 Å². The minimum absolute atomic E-state index is 0.0399. The number of nitriles is 1. The lowest BCUT2D eigenvalue weighted by atomic mass is 10.1. The predicted molar refractivity (Wildman–Crippen MR) is 144 cm³/mol. The van der Waals surface area contributed by atoms with E-state index in [4.69, 9.17) is 32.7 Å². The Morgan fingerprint density at radius 3 is 2.57 bits per heavy atom. The number of ether oxygens (including phenoxy) is 2. The zero-order chi connectivity index (χ0) is 25.5. The molecule has 0 spiro atoms. The second-order valence-corrected chi connectivity index (χ2v) is 9.43. The lowest BCUT2D eigenvalue weighted by molar-refractivity contribution is -0.112. The van der Waals surface area contributed by atoms with Gasteiger partial charge in [0.1, 0.15) is 18.2 Å². The lowest BCUT2D eigenvalue weighted by Crippen LogP contribution is -2.14. The first-order valence-corrected chi connectivity index (χ1v) is 12.3. The zero-order valence-corrected chi connectivity index (χ0v) is 22.5. The van der Waals surface area contributed by atoms with Gasteiger partial charge in [-0.05, 0) is 89.8 Å². The molecule has 0 aliphatic heterocycles. The number of benzene rings is 3. The first-order valence-electron chi connectivity index (χ1n) is 10.7. The summed E-state index contributed by atoms with van der Waals surface area (Å²) in [7, 11) is 0. The van der Waals surface area contributed by atoms with Gasteiger partial charge >= 0.3 is 0 Å². The fourth-order valence-electron chi connectivity index (χ4n) is 3.24. The third kappa shape index (κ3) is 7.02. The molecule has 0 saturated heterocycles. The summed E-state index contributed by atoms with van der Waals surface area (Å²) < 4.78 is 12.4. The summed E-state index contributed by atoms with van der Waals surface area (Å²) >= 11 is 15.7. The van der Waals surface area contributed by atoms with Crippen LogP contribution in [-0.2, 0) is 11.4 Å². The van der Waals surface area contributed by atoms with Crippen LogP contribution in [0.25, 0.3) is 6.08 Å². The van der Waals surface area contributed by atoms with E-state index in [2.05, 4.69) is 21.2 Å². The molecule has 0 aromatic heterocycles. The van der Waals surface area contributed by atoms with E-state index < -0.39 is 5.91 Å². The van der Waals surface area contributed by atoms with Crippen LogP contribution in [0.15, 0.2) is 58.6 Å². The number of halogens is 3. The smallest absolute Gasteiger partial charge is 0.266 e. The van der Waals surface area contributed by atoms with E-state index in [1.165, 1.54) is 6.08 Å². The molecule has 3 aromatic rings. The van der Waals surface area contributed by atoms with Gasteiger partial charge in [-0.2, -0.15) is 5.26 Å². The molecule has 0 radical (unpaired) electrons. The highest BCUT2D eigenvalue weighted by atomic mass is 79.9. The number of hydrogen-bond donors (Lipinski definition) is 1. The number of aryl methyl sites for hydroxylation is 2. The van der Waals surface area contributed by atoms with Crippen LogP contribution in [0, 0.1) is 25.2 Å². The molecule has 8 heteroatoms. The number of anilines is 1. The van der Waals surface area contributed by atoms with E-state index >= 15 is 0 Å². The summed E-state index contributed by atoms with van der Waals surface area (Å²) in [6, 6.07) is 16.4. The Bertz CT molecular complexity index is 1330. The van der Waals surface area contributed by atoms with Crippen LogP contribution in [0.1, 0.15) is 29.2 Å². The SMILES string of the molecule is CCOc1cc(/C=C(/C#N)C(=O)Nc2cc(C)ccc2C)cc(Br)c1OCc1ccc(Cl)cc1Cl. The Hall–Kier alpha value is -2.98. The monoisotopic (exact) mass is 572 g/mol. The van der Waals surface area contributed by atoms with Gasteiger partial charge in [0.05, 0.1) is 11.1 Å². The zero-order valence-electron chi connectivity index (χ0n) is 19.4. The molecular formula is C27H23BrCl2N2O3. The van der Waals surface area contributed by atoms with Crippen LogP contribution in [0.4, 0.5) is 5.69 Å². The Labute approximate surface area is 223 Å². The molecule has 0 atom stereocenters. The largest absolute Gasteiger partial charge is 0.490 e. The van der Waals surface area contributed by atoms with Gasteiger partial charge in [0.15, 0.2) is 11.5 Å². The summed E-state index contributed by atoms with van der Waals surface area (Å²) in [5.41, 5.74) is 3.91.